The van der Waals surface area contributed by atoms with Gasteiger partial charge in [0.2, 0.25) is 21.4 Å². The molecule has 4 nitrogen and oxygen atoms in total. The molecule has 0 aliphatic heterocycles. The second kappa shape index (κ2) is 12.0. The van der Waals surface area contributed by atoms with Gasteiger partial charge >= 0.3 is 0 Å². The van der Waals surface area contributed by atoms with Gasteiger partial charge in [-0.15, -0.1) is 0 Å². The Bertz CT molecular complexity index is 1560. The van der Waals surface area contributed by atoms with Crippen molar-refractivity contribution in [3.8, 4) is 0 Å². The number of carbonyl (C=O) groups excluding carboxylic acids is 2. The molecule has 4 rings (SSSR count). The Hall–Kier alpha value is -3.77. The van der Waals surface area contributed by atoms with Crippen molar-refractivity contribution >= 4 is 56.8 Å². The van der Waals surface area contributed by atoms with Crippen LogP contribution in [0.5, 0.6) is 0 Å². The van der Waals surface area contributed by atoms with Gasteiger partial charge in [-0.1, -0.05) is 82.9 Å². The van der Waals surface area contributed by atoms with E-state index < -0.39 is 31.2 Å². The summed E-state index contributed by atoms with van der Waals surface area (Å²) in [7, 11) is -4.64. The summed E-state index contributed by atoms with van der Waals surface area (Å²) in [6.45, 7) is 3.80. The number of benzene rings is 4. The van der Waals surface area contributed by atoms with Crippen LogP contribution in [-0.4, -0.2) is 20.0 Å². The van der Waals surface area contributed by atoms with Crippen LogP contribution in [0, 0.1) is 13.8 Å². The summed E-state index contributed by atoms with van der Waals surface area (Å²) >= 11 is 12.0. The number of hydrogen-bond acceptors (Lipinski definition) is 4. The number of aryl methyl sites for hydroxylation is 2. The topological polar surface area (TPSA) is 68.3 Å². The average Bonchev–Trinajstić information content (AvgIpc) is 2.92. The first-order valence-electron chi connectivity index (χ1n) is 12.0. The number of carbonyl (C=O) groups is 2. The van der Waals surface area contributed by atoms with E-state index >= 15 is 0 Å². The van der Waals surface area contributed by atoms with E-state index in [1.807, 2.05) is 38.1 Å². The third kappa shape index (κ3) is 6.82. The second-order valence-corrected chi connectivity index (χ2v) is 11.8. The SMILES string of the molecule is Cc1ccc(/C=C(/C(=O)c2ccc(Cl)cc2)S(=O)(=O)/C(=C/c2ccc(C)cc2)C(=O)c2ccc(Cl)cc2)cc1. The van der Waals surface area contributed by atoms with Crippen molar-refractivity contribution in [2.24, 2.45) is 0 Å². The molecule has 0 radical (unpaired) electrons. The van der Waals surface area contributed by atoms with Crippen LogP contribution in [0.3, 0.4) is 0 Å². The minimum atomic E-state index is -4.64. The van der Waals surface area contributed by atoms with E-state index in [1.54, 1.807) is 24.3 Å². The summed E-state index contributed by atoms with van der Waals surface area (Å²) in [6, 6.07) is 25.9. The van der Waals surface area contributed by atoms with Gasteiger partial charge in [0.1, 0.15) is 9.81 Å². The van der Waals surface area contributed by atoms with Gasteiger partial charge in [0.05, 0.1) is 0 Å². The van der Waals surface area contributed by atoms with E-state index in [9.17, 15) is 18.0 Å². The monoisotopic (exact) mass is 574 g/mol. The molecule has 0 N–H and O–H groups in total. The minimum Gasteiger partial charge on any atom is -0.288 e. The molecule has 0 bridgehead atoms. The summed E-state index contributed by atoms with van der Waals surface area (Å²) in [5.74, 6) is -1.52. The fourth-order valence-electron chi connectivity index (χ4n) is 3.76. The van der Waals surface area contributed by atoms with Crippen LogP contribution in [0.2, 0.25) is 10.0 Å². The fourth-order valence-corrected chi connectivity index (χ4v) is 5.56. The molecular formula is C32H24Cl2O4S. The zero-order valence-electron chi connectivity index (χ0n) is 21.2. The summed E-state index contributed by atoms with van der Waals surface area (Å²) < 4.78 is 28.6. The number of ketones is 2. The van der Waals surface area contributed by atoms with Crippen molar-refractivity contribution in [2.45, 2.75) is 13.8 Å². The van der Waals surface area contributed by atoms with Gasteiger partial charge < -0.3 is 0 Å². The van der Waals surface area contributed by atoms with Gasteiger partial charge in [-0.05, 0) is 85.7 Å². The second-order valence-electron chi connectivity index (χ2n) is 9.01. The van der Waals surface area contributed by atoms with Crippen molar-refractivity contribution < 1.29 is 18.0 Å². The van der Waals surface area contributed by atoms with E-state index in [2.05, 4.69) is 0 Å². The Labute approximate surface area is 238 Å². The first-order chi connectivity index (χ1) is 18.5. The molecule has 0 heterocycles. The zero-order chi connectivity index (χ0) is 28.2. The van der Waals surface area contributed by atoms with E-state index in [0.717, 1.165) is 11.1 Å². The van der Waals surface area contributed by atoms with Crippen LogP contribution in [0.4, 0.5) is 0 Å². The standard InChI is InChI=1S/C32H24Cl2O4S/c1-21-3-7-23(8-4-21)19-29(31(35)25-11-15-27(33)16-12-25)39(37,38)30(20-24-9-5-22(2)6-10-24)32(36)26-13-17-28(34)18-14-26/h3-20H,1-2H3/b29-19-,30-20+. The van der Waals surface area contributed by atoms with Crippen LogP contribution in [0.15, 0.2) is 107 Å². The number of rotatable bonds is 8. The molecule has 0 amide bonds. The molecule has 0 aliphatic rings. The lowest BCUT2D eigenvalue weighted by molar-refractivity contribution is 0.103. The Morgan fingerprint density at radius 1 is 0.538 bits per heavy atom. The van der Waals surface area contributed by atoms with Gasteiger partial charge in [-0.3, -0.25) is 9.59 Å². The molecule has 0 saturated carbocycles. The van der Waals surface area contributed by atoms with E-state index in [4.69, 9.17) is 23.2 Å². The quantitative estimate of drug-likeness (QED) is 0.157. The molecule has 7 heteroatoms. The van der Waals surface area contributed by atoms with Crippen molar-refractivity contribution in [3.63, 3.8) is 0 Å². The van der Waals surface area contributed by atoms with Gasteiger partial charge in [0.25, 0.3) is 0 Å². The van der Waals surface area contributed by atoms with Crippen molar-refractivity contribution in [1.82, 2.24) is 0 Å². The number of halogens is 2. The first kappa shape index (κ1) is 28.2. The van der Waals surface area contributed by atoms with Crippen LogP contribution >= 0.6 is 23.2 Å². The third-order valence-electron chi connectivity index (χ3n) is 5.99. The fraction of sp³-hybridized carbons (Fsp3) is 0.0625. The molecule has 0 aromatic heterocycles. The Morgan fingerprint density at radius 3 is 1.15 bits per heavy atom. The molecule has 0 aliphatic carbocycles. The highest BCUT2D eigenvalue weighted by molar-refractivity contribution is 8.01. The van der Waals surface area contributed by atoms with Gasteiger partial charge in [-0.2, -0.15) is 0 Å². The maximum atomic E-state index is 14.3. The van der Waals surface area contributed by atoms with E-state index in [1.165, 1.54) is 60.7 Å². The summed E-state index contributed by atoms with van der Waals surface area (Å²) in [5, 5.41) is 0.799. The number of allylic oxidation sites excluding steroid dienone is 2. The third-order valence-corrected chi connectivity index (χ3v) is 8.26. The summed E-state index contributed by atoms with van der Waals surface area (Å²) in [4.78, 5) is 26.4. The first-order valence-corrected chi connectivity index (χ1v) is 14.2. The van der Waals surface area contributed by atoms with Gasteiger partial charge in [-0.25, -0.2) is 8.42 Å². The highest BCUT2D eigenvalue weighted by atomic mass is 35.5. The minimum absolute atomic E-state index is 0.120. The number of Topliss-reactive ketones (excluding diaryl/α,β-unsaturated/α-hetero) is 2. The van der Waals surface area contributed by atoms with Crippen molar-refractivity contribution in [3.05, 3.63) is 150 Å². The highest BCUT2D eigenvalue weighted by Gasteiger charge is 2.34. The maximum absolute atomic E-state index is 14.3. The molecule has 39 heavy (non-hydrogen) atoms. The van der Waals surface area contributed by atoms with Crippen LogP contribution in [0.25, 0.3) is 12.2 Å². The lowest BCUT2D eigenvalue weighted by Gasteiger charge is -2.13. The highest BCUT2D eigenvalue weighted by Crippen LogP contribution is 2.29. The molecule has 4 aromatic carbocycles. The summed E-state index contributed by atoms with van der Waals surface area (Å²) in [5.41, 5.74) is 3.17. The predicted molar refractivity (Wildman–Crippen MR) is 159 cm³/mol. The Balaban J connectivity index is 1.94. The Kier molecular flexibility index (Phi) is 8.66. The molecular weight excluding hydrogens is 551 g/mol. The molecule has 0 saturated heterocycles. The zero-order valence-corrected chi connectivity index (χ0v) is 23.5. The van der Waals surface area contributed by atoms with E-state index in [0.29, 0.717) is 21.2 Å². The van der Waals surface area contributed by atoms with Crippen LogP contribution in [-0.2, 0) is 9.84 Å². The number of hydrogen-bond donors (Lipinski definition) is 0. The molecule has 0 fully saturated rings. The molecule has 0 atom stereocenters. The molecule has 0 spiro atoms. The summed E-state index contributed by atoms with van der Waals surface area (Å²) in [6.07, 6.45) is 2.59. The predicted octanol–water partition coefficient (Wildman–Crippen LogP) is 8.17. The Morgan fingerprint density at radius 2 is 0.846 bits per heavy atom. The van der Waals surface area contributed by atoms with Crippen molar-refractivity contribution in [1.29, 1.82) is 0 Å². The van der Waals surface area contributed by atoms with Crippen molar-refractivity contribution in [2.75, 3.05) is 0 Å². The lowest BCUT2D eigenvalue weighted by atomic mass is 10.1. The van der Waals surface area contributed by atoms with Gasteiger partial charge in [0, 0.05) is 21.2 Å². The normalized spacial score (nSPS) is 12.3. The average molecular weight is 576 g/mol. The maximum Gasteiger partial charge on any atom is 0.214 e. The number of sulfone groups is 1. The van der Waals surface area contributed by atoms with Crippen LogP contribution in [0.1, 0.15) is 43.0 Å². The van der Waals surface area contributed by atoms with E-state index in [-0.39, 0.29) is 11.1 Å². The van der Waals surface area contributed by atoms with Gasteiger partial charge in [0.15, 0.2) is 0 Å². The smallest absolute Gasteiger partial charge is 0.214 e. The van der Waals surface area contributed by atoms with Crippen LogP contribution < -0.4 is 0 Å². The molecule has 4 aromatic rings. The lowest BCUT2D eigenvalue weighted by Crippen LogP contribution is -2.21. The molecule has 196 valence electrons. The molecule has 0 unspecified atom stereocenters. The largest absolute Gasteiger partial charge is 0.288 e.